The molecule has 0 unspecified atom stereocenters. The van der Waals surface area contributed by atoms with Crippen LogP contribution in [0.15, 0.2) is 30.3 Å². The molecule has 0 saturated carbocycles. The highest BCUT2D eigenvalue weighted by Crippen LogP contribution is 2.23. The first-order valence-corrected chi connectivity index (χ1v) is 4.89. The maximum Gasteiger partial charge on any atom is 0.349 e. The summed E-state index contributed by atoms with van der Waals surface area (Å²) in [5.74, 6) is -0.675. The van der Waals surface area contributed by atoms with Crippen molar-refractivity contribution >= 4 is 11.6 Å². The lowest BCUT2D eigenvalue weighted by atomic mass is 10.1. The van der Waals surface area contributed by atoms with E-state index in [1.54, 1.807) is 30.3 Å². The average molecular weight is 220 g/mol. The molecule has 1 amide bonds. The first kappa shape index (κ1) is 10.6. The van der Waals surface area contributed by atoms with Crippen LogP contribution in [0.3, 0.4) is 0 Å². The lowest BCUT2D eigenvalue weighted by Gasteiger charge is -2.22. The van der Waals surface area contributed by atoms with Crippen LogP contribution in [-0.4, -0.2) is 32.3 Å². The van der Waals surface area contributed by atoms with Crippen molar-refractivity contribution in [2.45, 2.75) is 19.5 Å². The molecule has 0 fully saturated rings. The van der Waals surface area contributed by atoms with Crippen LogP contribution in [0.5, 0.6) is 0 Å². The summed E-state index contributed by atoms with van der Waals surface area (Å²) in [6.07, 6.45) is 0. The number of benzene rings is 1. The quantitative estimate of drug-likeness (QED) is 0.435. The highest BCUT2D eigenvalue weighted by atomic mass is 16.6. The van der Waals surface area contributed by atoms with Crippen molar-refractivity contribution in [3.8, 4) is 0 Å². The van der Waals surface area contributed by atoms with Crippen LogP contribution < -0.4 is 0 Å². The van der Waals surface area contributed by atoms with Crippen molar-refractivity contribution in [3.63, 3.8) is 0 Å². The van der Waals surface area contributed by atoms with Crippen LogP contribution in [0.1, 0.15) is 19.4 Å². The maximum absolute atomic E-state index is 11.9. The third kappa shape index (κ3) is 1.29. The normalized spacial score (nSPS) is 19.4. The molecule has 1 aliphatic heterocycles. The van der Waals surface area contributed by atoms with E-state index in [0.29, 0.717) is 15.4 Å². The number of hydrogen-bond donors (Lipinski definition) is 1. The van der Waals surface area contributed by atoms with E-state index in [4.69, 9.17) is 0 Å². The Morgan fingerprint density at radius 2 is 1.88 bits per heavy atom. The van der Waals surface area contributed by atoms with E-state index in [9.17, 15) is 15.2 Å². The van der Waals surface area contributed by atoms with Crippen LogP contribution in [0.2, 0.25) is 0 Å². The summed E-state index contributed by atoms with van der Waals surface area (Å²) in [6.45, 7) is 2.96. The van der Waals surface area contributed by atoms with Crippen molar-refractivity contribution in [3.05, 3.63) is 41.1 Å². The number of rotatable bonds is 1. The molecule has 1 heterocycles. The third-order valence-electron chi connectivity index (χ3n) is 2.66. The zero-order chi connectivity index (χ0) is 11.9. The minimum Gasteiger partial charge on any atom is -0.621 e. The SMILES string of the molecule is CC1(C)N(O)C(=O)C(c2ccccc2)=[N+]1[O-]. The number of hydroxylamine groups is 3. The fourth-order valence-electron chi connectivity index (χ4n) is 1.63. The highest BCUT2D eigenvalue weighted by Gasteiger charge is 2.50. The summed E-state index contributed by atoms with van der Waals surface area (Å²) >= 11 is 0. The van der Waals surface area contributed by atoms with Gasteiger partial charge in [0.2, 0.25) is 0 Å². The van der Waals surface area contributed by atoms with E-state index >= 15 is 0 Å². The number of carbonyl (C=O) groups excluding carboxylic acids is 1. The second kappa shape index (κ2) is 3.31. The minimum absolute atomic E-state index is 0.0342. The Morgan fingerprint density at radius 1 is 1.31 bits per heavy atom. The van der Waals surface area contributed by atoms with Gasteiger partial charge in [-0.1, -0.05) is 18.2 Å². The fraction of sp³-hybridized carbons (Fsp3) is 0.273. The predicted molar refractivity (Wildman–Crippen MR) is 56.9 cm³/mol. The van der Waals surface area contributed by atoms with Crippen LogP contribution in [-0.2, 0) is 4.79 Å². The molecular weight excluding hydrogens is 208 g/mol. The van der Waals surface area contributed by atoms with E-state index in [2.05, 4.69) is 0 Å². The second-order valence-corrected chi connectivity index (χ2v) is 4.12. The summed E-state index contributed by atoms with van der Waals surface area (Å²) in [7, 11) is 0. The largest absolute Gasteiger partial charge is 0.621 e. The van der Waals surface area contributed by atoms with Gasteiger partial charge in [0, 0.05) is 13.8 Å². The van der Waals surface area contributed by atoms with E-state index in [-0.39, 0.29) is 5.71 Å². The minimum atomic E-state index is -1.26. The summed E-state index contributed by atoms with van der Waals surface area (Å²) < 4.78 is 0.532. The molecule has 2 rings (SSSR count). The van der Waals surface area contributed by atoms with Gasteiger partial charge in [-0.3, -0.25) is 10.0 Å². The van der Waals surface area contributed by atoms with Gasteiger partial charge in [-0.15, -0.1) is 5.06 Å². The van der Waals surface area contributed by atoms with Gasteiger partial charge in [0.05, 0.1) is 5.56 Å². The number of nitrogens with zero attached hydrogens (tertiary/aromatic N) is 2. The third-order valence-corrected chi connectivity index (χ3v) is 2.66. The smallest absolute Gasteiger partial charge is 0.349 e. The van der Waals surface area contributed by atoms with Crippen LogP contribution in [0, 0.1) is 5.21 Å². The molecule has 0 spiro atoms. The van der Waals surface area contributed by atoms with Crippen molar-refractivity contribution in [2.75, 3.05) is 0 Å². The van der Waals surface area contributed by atoms with E-state index in [0.717, 1.165) is 0 Å². The number of hydrogen-bond acceptors (Lipinski definition) is 3. The standard InChI is InChI=1S/C11H12N2O3/c1-11(2)12(15)9(10(14)13(11)16)8-6-4-3-5-7-8/h3-7,16H,1-2H3. The molecule has 1 aromatic carbocycles. The molecular formula is C11H12N2O3. The summed E-state index contributed by atoms with van der Waals surface area (Å²) in [4.78, 5) is 11.7. The Hall–Kier alpha value is -1.88. The number of carbonyl (C=O) groups is 1. The van der Waals surface area contributed by atoms with Crippen molar-refractivity contribution in [2.24, 2.45) is 0 Å². The molecule has 0 aromatic heterocycles. The molecule has 1 N–H and O–H groups in total. The van der Waals surface area contributed by atoms with Crippen molar-refractivity contribution < 1.29 is 14.7 Å². The molecule has 5 nitrogen and oxygen atoms in total. The van der Waals surface area contributed by atoms with Crippen molar-refractivity contribution in [1.29, 1.82) is 0 Å². The molecule has 1 aliphatic rings. The Labute approximate surface area is 92.8 Å². The first-order valence-electron chi connectivity index (χ1n) is 4.89. The Morgan fingerprint density at radius 3 is 2.31 bits per heavy atom. The first-order chi connectivity index (χ1) is 7.46. The Balaban J connectivity index is 2.58. The molecule has 5 heteroatoms. The second-order valence-electron chi connectivity index (χ2n) is 4.12. The van der Waals surface area contributed by atoms with Crippen LogP contribution >= 0.6 is 0 Å². The van der Waals surface area contributed by atoms with Crippen LogP contribution in [0.4, 0.5) is 0 Å². The lowest BCUT2D eigenvalue weighted by Crippen LogP contribution is -2.44. The van der Waals surface area contributed by atoms with E-state index < -0.39 is 11.6 Å². The predicted octanol–water partition coefficient (Wildman–Crippen LogP) is 0.954. The summed E-state index contributed by atoms with van der Waals surface area (Å²) in [5, 5.41) is 21.9. The van der Waals surface area contributed by atoms with Gasteiger partial charge in [-0.25, -0.2) is 0 Å². The van der Waals surface area contributed by atoms with Crippen molar-refractivity contribution in [1.82, 2.24) is 5.06 Å². The summed E-state index contributed by atoms with van der Waals surface area (Å²) in [5.41, 5.74) is -0.789. The van der Waals surface area contributed by atoms with E-state index in [1.165, 1.54) is 13.8 Å². The topological polar surface area (TPSA) is 66.6 Å². The van der Waals surface area contributed by atoms with Gasteiger partial charge in [0.1, 0.15) is 0 Å². The lowest BCUT2D eigenvalue weighted by molar-refractivity contribution is -0.576. The molecule has 0 radical (unpaired) electrons. The Kier molecular flexibility index (Phi) is 2.20. The number of amides is 1. The zero-order valence-corrected chi connectivity index (χ0v) is 9.04. The van der Waals surface area contributed by atoms with E-state index in [1.807, 2.05) is 0 Å². The van der Waals surface area contributed by atoms with Gasteiger partial charge < -0.3 is 5.21 Å². The molecule has 1 aromatic rings. The van der Waals surface area contributed by atoms with Crippen LogP contribution in [0.25, 0.3) is 0 Å². The molecule has 0 aliphatic carbocycles. The Bertz CT molecular complexity index is 465. The summed E-state index contributed by atoms with van der Waals surface area (Å²) in [6, 6.07) is 8.58. The monoisotopic (exact) mass is 220 g/mol. The molecule has 84 valence electrons. The molecule has 0 atom stereocenters. The van der Waals surface area contributed by atoms with Gasteiger partial charge in [0.25, 0.3) is 11.4 Å². The van der Waals surface area contributed by atoms with Gasteiger partial charge >= 0.3 is 5.91 Å². The molecule has 0 saturated heterocycles. The van der Waals surface area contributed by atoms with Gasteiger partial charge in [-0.2, -0.15) is 4.74 Å². The maximum atomic E-state index is 11.9. The fourth-order valence-corrected chi connectivity index (χ4v) is 1.63. The highest BCUT2D eigenvalue weighted by molar-refractivity contribution is 6.43. The van der Waals surface area contributed by atoms with Gasteiger partial charge in [-0.05, 0) is 12.1 Å². The molecule has 16 heavy (non-hydrogen) atoms. The molecule has 0 bridgehead atoms. The average Bonchev–Trinajstić information content (AvgIpc) is 2.42. The zero-order valence-electron chi connectivity index (χ0n) is 9.04. The van der Waals surface area contributed by atoms with Gasteiger partial charge in [0.15, 0.2) is 0 Å².